The lowest BCUT2D eigenvalue weighted by Crippen LogP contribution is -2.35. The largest absolute Gasteiger partial charge is 0.454 e. The molecule has 0 aromatic heterocycles. The van der Waals surface area contributed by atoms with E-state index in [1.807, 2.05) is 36.4 Å². The highest BCUT2D eigenvalue weighted by Gasteiger charge is 2.27. The van der Waals surface area contributed by atoms with Gasteiger partial charge in [0.2, 0.25) is 13.6 Å². The predicted octanol–water partition coefficient (Wildman–Crippen LogP) is 5.51. The Morgan fingerprint density at radius 2 is 0.944 bits per heavy atom. The zero-order valence-electron chi connectivity index (χ0n) is 19.9. The summed E-state index contributed by atoms with van der Waals surface area (Å²) in [5.74, 6) is 3.22. The third kappa shape index (κ3) is 4.61. The van der Waals surface area contributed by atoms with Gasteiger partial charge in [-0.2, -0.15) is 0 Å². The number of benzene rings is 4. The first-order valence-corrected chi connectivity index (χ1v) is 12.2. The Morgan fingerprint density at radius 3 is 1.39 bits per heavy atom. The van der Waals surface area contributed by atoms with Crippen molar-refractivity contribution in [2.24, 2.45) is 0 Å². The molecule has 6 nitrogen and oxygen atoms in total. The van der Waals surface area contributed by atoms with Crippen molar-refractivity contribution in [3.8, 4) is 23.0 Å². The molecule has 4 aromatic rings. The zero-order valence-corrected chi connectivity index (χ0v) is 19.9. The summed E-state index contributed by atoms with van der Waals surface area (Å²) in [5.41, 5.74) is 4.54. The Hall–Kier alpha value is -4.00. The number of nitrogens with one attached hydrogen (secondary N) is 2. The van der Waals surface area contributed by atoms with Gasteiger partial charge < -0.3 is 29.6 Å². The molecule has 6 heteroatoms. The van der Waals surface area contributed by atoms with E-state index in [1.54, 1.807) is 0 Å². The molecule has 182 valence electrons. The summed E-state index contributed by atoms with van der Waals surface area (Å²) in [7, 11) is 0. The van der Waals surface area contributed by atoms with Crippen molar-refractivity contribution in [2.45, 2.75) is 25.2 Å². The SMILES string of the molecule is c1ccc([C@H](NCc2cccc3c2OCO3)[C@@H](NCc2cccc3c2OCO3)c2ccccc2)cc1. The van der Waals surface area contributed by atoms with Crippen LogP contribution in [0.4, 0.5) is 0 Å². The average Bonchev–Trinajstić information content (AvgIpc) is 3.62. The molecule has 0 radical (unpaired) electrons. The number of para-hydroxylation sites is 2. The van der Waals surface area contributed by atoms with Crippen LogP contribution in [0.3, 0.4) is 0 Å². The van der Waals surface area contributed by atoms with E-state index in [4.69, 9.17) is 18.9 Å². The maximum absolute atomic E-state index is 5.76. The van der Waals surface area contributed by atoms with Gasteiger partial charge in [0.05, 0.1) is 12.1 Å². The Balaban J connectivity index is 1.31. The molecule has 6 rings (SSSR count). The fraction of sp³-hybridized carbons (Fsp3) is 0.200. The van der Waals surface area contributed by atoms with Crippen molar-refractivity contribution >= 4 is 0 Å². The maximum Gasteiger partial charge on any atom is 0.231 e. The van der Waals surface area contributed by atoms with Gasteiger partial charge in [0.15, 0.2) is 23.0 Å². The quantitative estimate of drug-likeness (QED) is 0.330. The minimum absolute atomic E-state index is 0.0132. The lowest BCUT2D eigenvalue weighted by molar-refractivity contribution is 0.172. The van der Waals surface area contributed by atoms with Gasteiger partial charge in [-0.05, 0) is 23.3 Å². The molecular formula is C30H28N2O4. The number of hydrogen-bond donors (Lipinski definition) is 2. The van der Waals surface area contributed by atoms with E-state index in [1.165, 1.54) is 11.1 Å². The Labute approximate surface area is 210 Å². The topological polar surface area (TPSA) is 61.0 Å². The fourth-order valence-corrected chi connectivity index (χ4v) is 4.88. The molecule has 2 atom stereocenters. The normalized spacial score (nSPS) is 15.0. The van der Waals surface area contributed by atoms with Crippen LogP contribution in [0.1, 0.15) is 34.3 Å². The highest BCUT2D eigenvalue weighted by atomic mass is 16.7. The van der Waals surface area contributed by atoms with Gasteiger partial charge in [-0.15, -0.1) is 0 Å². The van der Waals surface area contributed by atoms with Gasteiger partial charge in [0.25, 0.3) is 0 Å². The molecule has 0 bridgehead atoms. The van der Waals surface area contributed by atoms with Gasteiger partial charge in [-0.25, -0.2) is 0 Å². The van der Waals surface area contributed by atoms with E-state index >= 15 is 0 Å². The standard InChI is InChI=1S/C30H28N2O4/c1-3-9-21(10-4-1)27(31-17-23-13-7-15-25-29(23)35-19-33-25)28(22-11-5-2-6-12-22)32-18-24-14-8-16-26-30(24)36-20-34-26/h1-16,27-28,31-32H,17-20H2/t27-,28-/m0/s1. The molecule has 0 spiro atoms. The number of hydrogen-bond acceptors (Lipinski definition) is 6. The van der Waals surface area contributed by atoms with Gasteiger partial charge >= 0.3 is 0 Å². The molecule has 2 heterocycles. The highest BCUT2D eigenvalue weighted by molar-refractivity contribution is 5.49. The second kappa shape index (κ2) is 10.3. The second-order valence-corrected chi connectivity index (χ2v) is 8.84. The van der Waals surface area contributed by atoms with Crippen molar-refractivity contribution in [3.05, 3.63) is 119 Å². The van der Waals surface area contributed by atoms with Crippen molar-refractivity contribution in [1.82, 2.24) is 10.6 Å². The van der Waals surface area contributed by atoms with E-state index in [-0.39, 0.29) is 25.7 Å². The van der Waals surface area contributed by atoms with Crippen LogP contribution in [0.5, 0.6) is 23.0 Å². The second-order valence-electron chi connectivity index (χ2n) is 8.84. The Bertz CT molecular complexity index is 1210. The van der Waals surface area contributed by atoms with Crippen LogP contribution in [-0.4, -0.2) is 13.6 Å². The summed E-state index contributed by atoms with van der Waals surface area (Å²) in [6.45, 7) is 1.79. The summed E-state index contributed by atoms with van der Waals surface area (Å²) in [6.07, 6.45) is 0. The molecule has 0 aliphatic carbocycles. The van der Waals surface area contributed by atoms with Crippen molar-refractivity contribution in [2.75, 3.05) is 13.6 Å². The molecule has 2 aliphatic heterocycles. The minimum Gasteiger partial charge on any atom is -0.454 e. The third-order valence-electron chi connectivity index (χ3n) is 6.63. The molecule has 0 fully saturated rings. The lowest BCUT2D eigenvalue weighted by Gasteiger charge is -2.30. The fourth-order valence-electron chi connectivity index (χ4n) is 4.88. The van der Waals surface area contributed by atoms with Gasteiger partial charge in [-0.1, -0.05) is 84.9 Å². The number of fused-ring (bicyclic) bond motifs is 2. The Kier molecular flexibility index (Phi) is 6.44. The molecular weight excluding hydrogens is 452 g/mol. The zero-order chi connectivity index (χ0) is 24.2. The smallest absolute Gasteiger partial charge is 0.231 e. The monoisotopic (exact) mass is 480 g/mol. The van der Waals surface area contributed by atoms with Crippen LogP contribution >= 0.6 is 0 Å². The third-order valence-corrected chi connectivity index (χ3v) is 6.63. The maximum atomic E-state index is 5.76. The molecule has 0 saturated carbocycles. The van der Waals surface area contributed by atoms with Crippen molar-refractivity contribution in [1.29, 1.82) is 0 Å². The summed E-state index contributed by atoms with van der Waals surface area (Å²) in [6, 6.07) is 33.1. The first kappa shape index (κ1) is 22.5. The minimum atomic E-state index is -0.0132. The van der Waals surface area contributed by atoms with Crippen LogP contribution in [0.25, 0.3) is 0 Å². The molecule has 36 heavy (non-hydrogen) atoms. The van der Waals surface area contributed by atoms with Gasteiger partial charge in [0, 0.05) is 24.2 Å². The van der Waals surface area contributed by atoms with E-state index < -0.39 is 0 Å². The number of ether oxygens (including phenoxy) is 4. The van der Waals surface area contributed by atoms with Crippen LogP contribution in [-0.2, 0) is 13.1 Å². The molecule has 0 unspecified atom stereocenters. The Morgan fingerprint density at radius 1 is 0.500 bits per heavy atom. The van der Waals surface area contributed by atoms with E-state index in [0.29, 0.717) is 13.1 Å². The molecule has 4 aromatic carbocycles. The lowest BCUT2D eigenvalue weighted by atomic mass is 9.92. The number of rotatable bonds is 9. The van der Waals surface area contributed by atoms with Crippen LogP contribution in [0.2, 0.25) is 0 Å². The first-order valence-electron chi connectivity index (χ1n) is 12.2. The summed E-state index contributed by atoms with van der Waals surface area (Å²) >= 11 is 0. The van der Waals surface area contributed by atoms with E-state index in [2.05, 4.69) is 71.3 Å². The summed E-state index contributed by atoms with van der Waals surface area (Å²) in [5, 5.41) is 7.63. The van der Waals surface area contributed by atoms with Crippen LogP contribution in [0.15, 0.2) is 97.1 Å². The summed E-state index contributed by atoms with van der Waals surface area (Å²) < 4.78 is 22.7. The van der Waals surface area contributed by atoms with Crippen LogP contribution < -0.4 is 29.6 Å². The van der Waals surface area contributed by atoms with Gasteiger partial charge in [-0.3, -0.25) is 0 Å². The van der Waals surface area contributed by atoms with Crippen molar-refractivity contribution < 1.29 is 18.9 Å². The first-order chi connectivity index (χ1) is 17.9. The van der Waals surface area contributed by atoms with E-state index in [9.17, 15) is 0 Å². The van der Waals surface area contributed by atoms with Gasteiger partial charge in [0.1, 0.15) is 0 Å². The highest BCUT2D eigenvalue weighted by Crippen LogP contribution is 2.38. The molecule has 2 aliphatic rings. The van der Waals surface area contributed by atoms with Crippen LogP contribution in [0, 0.1) is 0 Å². The molecule has 2 N–H and O–H groups in total. The van der Waals surface area contributed by atoms with Crippen molar-refractivity contribution in [3.63, 3.8) is 0 Å². The predicted molar refractivity (Wildman–Crippen MR) is 137 cm³/mol. The summed E-state index contributed by atoms with van der Waals surface area (Å²) in [4.78, 5) is 0. The molecule has 0 amide bonds. The van der Waals surface area contributed by atoms with E-state index in [0.717, 1.165) is 34.1 Å². The molecule has 0 saturated heterocycles. The average molecular weight is 481 g/mol.